The van der Waals surface area contributed by atoms with Gasteiger partial charge in [0.2, 0.25) is 5.95 Å². The second-order valence-corrected chi connectivity index (χ2v) is 4.67. The van der Waals surface area contributed by atoms with Gasteiger partial charge in [-0.1, -0.05) is 0 Å². The van der Waals surface area contributed by atoms with Crippen molar-refractivity contribution in [2.45, 2.75) is 5.38 Å². The number of aliphatic carboxylic acids is 1. The van der Waals surface area contributed by atoms with Crippen molar-refractivity contribution in [2.75, 3.05) is 37.6 Å². The first-order chi connectivity index (χ1) is 8.66. The van der Waals surface area contributed by atoms with E-state index in [1.165, 1.54) is 0 Å². The Hall–Kier alpha value is -1.40. The SMILES string of the molecule is O=C(O)C(Cl)CN1CCN(c2ncccn2)CC1. The number of rotatable bonds is 4. The van der Waals surface area contributed by atoms with E-state index in [1.807, 2.05) is 4.90 Å². The maximum Gasteiger partial charge on any atom is 0.322 e. The first-order valence-electron chi connectivity index (χ1n) is 5.78. The van der Waals surface area contributed by atoms with Gasteiger partial charge in [0.25, 0.3) is 0 Å². The number of hydrogen-bond donors (Lipinski definition) is 1. The maximum absolute atomic E-state index is 10.7. The smallest absolute Gasteiger partial charge is 0.322 e. The summed E-state index contributed by atoms with van der Waals surface area (Å²) < 4.78 is 0. The molecule has 7 heteroatoms. The minimum Gasteiger partial charge on any atom is -0.480 e. The van der Waals surface area contributed by atoms with Gasteiger partial charge in [-0.05, 0) is 6.07 Å². The highest BCUT2D eigenvalue weighted by molar-refractivity contribution is 6.29. The molecule has 6 nitrogen and oxygen atoms in total. The predicted molar refractivity (Wildman–Crippen MR) is 68.0 cm³/mol. The minimum absolute atomic E-state index is 0.375. The molecular weight excluding hydrogens is 256 g/mol. The molecule has 1 aliphatic rings. The molecule has 98 valence electrons. The Balaban J connectivity index is 1.83. The molecule has 1 fully saturated rings. The van der Waals surface area contributed by atoms with Crippen LogP contribution in [0.1, 0.15) is 0 Å². The first-order valence-corrected chi connectivity index (χ1v) is 6.21. The van der Waals surface area contributed by atoms with E-state index in [2.05, 4.69) is 14.9 Å². The van der Waals surface area contributed by atoms with Crippen molar-refractivity contribution in [3.05, 3.63) is 18.5 Å². The second-order valence-electron chi connectivity index (χ2n) is 4.14. The van der Waals surface area contributed by atoms with Crippen LogP contribution in [0.15, 0.2) is 18.5 Å². The Morgan fingerprint density at radius 2 is 1.94 bits per heavy atom. The van der Waals surface area contributed by atoms with Crippen molar-refractivity contribution in [3.63, 3.8) is 0 Å². The van der Waals surface area contributed by atoms with E-state index in [9.17, 15) is 4.79 Å². The molecule has 1 aromatic rings. The molecule has 0 bridgehead atoms. The van der Waals surface area contributed by atoms with Gasteiger partial charge in [0.1, 0.15) is 5.38 Å². The molecule has 0 spiro atoms. The predicted octanol–water partition coefficient (Wildman–Crippen LogP) is 0.291. The molecule has 1 unspecified atom stereocenters. The zero-order valence-corrected chi connectivity index (χ0v) is 10.6. The summed E-state index contributed by atoms with van der Waals surface area (Å²) in [6.07, 6.45) is 3.43. The number of aromatic nitrogens is 2. The standard InChI is InChI=1S/C11H15ClN4O2/c12-9(10(17)18)8-15-4-6-16(7-5-15)11-13-2-1-3-14-11/h1-3,9H,4-8H2,(H,17,18). The number of carboxylic acid groups (broad SMARTS) is 1. The van der Waals surface area contributed by atoms with Gasteiger partial charge < -0.3 is 10.0 Å². The van der Waals surface area contributed by atoms with Crippen molar-refractivity contribution >= 4 is 23.5 Å². The quantitative estimate of drug-likeness (QED) is 0.793. The molecule has 0 radical (unpaired) electrons. The average molecular weight is 271 g/mol. The molecule has 18 heavy (non-hydrogen) atoms. The summed E-state index contributed by atoms with van der Waals surface area (Å²) in [5, 5.41) is 7.91. The Bertz CT molecular complexity index is 395. The number of alkyl halides is 1. The number of carbonyl (C=O) groups is 1. The normalized spacial score (nSPS) is 18.6. The Labute approximate surface area is 110 Å². The fourth-order valence-electron chi connectivity index (χ4n) is 1.89. The third kappa shape index (κ3) is 3.30. The largest absolute Gasteiger partial charge is 0.480 e. The van der Waals surface area contributed by atoms with E-state index in [-0.39, 0.29) is 0 Å². The van der Waals surface area contributed by atoms with Crippen LogP contribution in [0, 0.1) is 0 Å². The lowest BCUT2D eigenvalue weighted by Crippen LogP contribution is -2.49. The molecule has 1 saturated heterocycles. The number of halogens is 1. The summed E-state index contributed by atoms with van der Waals surface area (Å²) in [6, 6.07) is 1.78. The Kier molecular flexibility index (Phi) is 4.33. The van der Waals surface area contributed by atoms with Crippen LogP contribution in [0.3, 0.4) is 0 Å². The van der Waals surface area contributed by atoms with E-state index >= 15 is 0 Å². The Morgan fingerprint density at radius 3 is 2.50 bits per heavy atom. The lowest BCUT2D eigenvalue weighted by Gasteiger charge is -2.34. The van der Waals surface area contributed by atoms with Crippen LogP contribution in [0.4, 0.5) is 5.95 Å². The van der Waals surface area contributed by atoms with Gasteiger partial charge in [-0.15, -0.1) is 11.6 Å². The lowest BCUT2D eigenvalue weighted by molar-refractivity contribution is -0.137. The van der Waals surface area contributed by atoms with Crippen LogP contribution in [0.25, 0.3) is 0 Å². The highest BCUT2D eigenvalue weighted by Gasteiger charge is 2.23. The Morgan fingerprint density at radius 1 is 1.33 bits per heavy atom. The molecular formula is C11H15ClN4O2. The summed E-state index contributed by atoms with van der Waals surface area (Å²) in [5.41, 5.74) is 0. The number of hydrogen-bond acceptors (Lipinski definition) is 5. The van der Waals surface area contributed by atoms with Gasteiger partial charge in [0, 0.05) is 45.1 Å². The molecule has 2 heterocycles. The van der Waals surface area contributed by atoms with Gasteiger partial charge in [-0.3, -0.25) is 9.69 Å². The van der Waals surface area contributed by atoms with E-state index in [0.717, 1.165) is 32.1 Å². The first kappa shape index (κ1) is 13.0. The molecule has 0 aliphatic carbocycles. The van der Waals surface area contributed by atoms with Crippen LogP contribution in [0.5, 0.6) is 0 Å². The molecule has 0 saturated carbocycles. The highest BCUT2D eigenvalue weighted by atomic mass is 35.5. The third-order valence-electron chi connectivity index (χ3n) is 2.89. The highest BCUT2D eigenvalue weighted by Crippen LogP contribution is 2.10. The summed E-state index contributed by atoms with van der Waals surface area (Å²) in [7, 11) is 0. The monoisotopic (exact) mass is 270 g/mol. The zero-order valence-electron chi connectivity index (χ0n) is 9.87. The summed E-state index contributed by atoms with van der Waals surface area (Å²) >= 11 is 5.72. The summed E-state index contributed by atoms with van der Waals surface area (Å²) in [5.74, 6) is -0.247. The van der Waals surface area contributed by atoms with Crippen molar-refractivity contribution in [1.29, 1.82) is 0 Å². The van der Waals surface area contributed by atoms with E-state index in [1.54, 1.807) is 18.5 Å². The van der Waals surface area contributed by atoms with Gasteiger partial charge in [0.05, 0.1) is 0 Å². The fourth-order valence-corrected chi connectivity index (χ4v) is 2.08. The van der Waals surface area contributed by atoms with Crippen LogP contribution >= 0.6 is 11.6 Å². The van der Waals surface area contributed by atoms with E-state index in [4.69, 9.17) is 16.7 Å². The van der Waals surface area contributed by atoms with Crippen molar-refractivity contribution in [2.24, 2.45) is 0 Å². The summed E-state index contributed by atoms with van der Waals surface area (Å²) in [6.45, 7) is 3.49. The molecule has 2 rings (SSSR count). The van der Waals surface area contributed by atoms with Crippen molar-refractivity contribution < 1.29 is 9.90 Å². The van der Waals surface area contributed by atoms with Gasteiger partial charge in [-0.2, -0.15) is 0 Å². The molecule has 1 N–H and O–H groups in total. The van der Waals surface area contributed by atoms with Crippen LogP contribution in [0.2, 0.25) is 0 Å². The minimum atomic E-state index is -0.967. The molecule has 0 aromatic carbocycles. The molecule has 1 aromatic heterocycles. The van der Waals surface area contributed by atoms with E-state index in [0.29, 0.717) is 6.54 Å². The molecule has 0 amide bonds. The van der Waals surface area contributed by atoms with E-state index < -0.39 is 11.3 Å². The van der Waals surface area contributed by atoms with Crippen LogP contribution in [-0.2, 0) is 4.79 Å². The average Bonchev–Trinajstić information content (AvgIpc) is 2.40. The molecule has 1 aliphatic heterocycles. The molecule has 1 atom stereocenters. The zero-order chi connectivity index (χ0) is 13.0. The maximum atomic E-state index is 10.7. The number of piperazine rings is 1. The second kappa shape index (κ2) is 5.97. The third-order valence-corrected chi connectivity index (χ3v) is 3.22. The van der Waals surface area contributed by atoms with Crippen molar-refractivity contribution in [1.82, 2.24) is 14.9 Å². The van der Waals surface area contributed by atoms with Gasteiger partial charge in [0.15, 0.2) is 0 Å². The topological polar surface area (TPSA) is 69.6 Å². The van der Waals surface area contributed by atoms with Gasteiger partial charge >= 0.3 is 5.97 Å². The number of anilines is 1. The number of carboxylic acids is 1. The van der Waals surface area contributed by atoms with Crippen LogP contribution in [-0.4, -0.2) is 64.0 Å². The van der Waals surface area contributed by atoms with Crippen LogP contribution < -0.4 is 4.90 Å². The van der Waals surface area contributed by atoms with Crippen molar-refractivity contribution in [3.8, 4) is 0 Å². The lowest BCUT2D eigenvalue weighted by atomic mass is 10.3. The summed E-state index contributed by atoms with van der Waals surface area (Å²) in [4.78, 5) is 23.2. The fraction of sp³-hybridized carbons (Fsp3) is 0.545. The number of nitrogens with zero attached hydrogens (tertiary/aromatic N) is 4. The van der Waals surface area contributed by atoms with Gasteiger partial charge in [-0.25, -0.2) is 9.97 Å².